The van der Waals surface area contributed by atoms with Crippen molar-refractivity contribution in [1.82, 2.24) is 5.32 Å². The van der Waals surface area contributed by atoms with Crippen LogP contribution < -0.4 is 10.1 Å². The van der Waals surface area contributed by atoms with Crippen LogP contribution in [0.2, 0.25) is 0 Å². The molecule has 6 nitrogen and oxygen atoms in total. The highest BCUT2D eigenvalue weighted by Gasteiger charge is 2.14. The molecular formula is C22H25NO5. The van der Waals surface area contributed by atoms with Crippen molar-refractivity contribution in [2.45, 2.75) is 32.6 Å². The maximum absolute atomic E-state index is 11.8. The van der Waals surface area contributed by atoms with Gasteiger partial charge in [-0.3, -0.25) is 19.7 Å². The van der Waals surface area contributed by atoms with Gasteiger partial charge in [0.05, 0.1) is 13.0 Å². The van der Waals surface area contributed by atoms with Crippen LogP contribution in [0.25, 0.3) is 0 Å². The highest BCUT2D eigenvalue weighted by molar-refractivity contribution is 6.05. The Balaban J connectivity index is 1.67. The fourth-order valence-electron chi connectivity index (χ4n) is 2.35. The third kappa shape index (κ3) is 6.87. The van der Waals surface area contributed by atoms with Gasteiger partial charge in [0.2, 0.25) is 0 Å². The minimum atomic E-state index is -0.680. The summed E-state index contributed by atoms with van der Waals surface area (Å²) in [4.78, 5) is 35.2. The van der Waals surface area contributed by atoms with E-state index >= 15 is 0 Å². The van der Waals surface area contributed by atoms with E-state index in [0.29, 0.717) is 11.3 Å². The van der Waals surface area contributed by atoms with Gasteiger partial charge >= 0.3 is 5.97 Å². The van der Waals surface area contributed by atoms with Crippen molar-refractivity contribution in [1.29, 1.82) is 0 Å². The summed E-state index contributed by atoms with van der Waals surface area (Å²) in [6.07, 6.45) is 0.000927. The number of hydrogen-bond acceptors (Lipinski definition) is 5. The van der Waals surface area contributed by atoms with Crippen LogP contribution in [0, 0.1) is 0 Å². The van der Waals surface area contributed by atoms with Gasteiger partial charge in [-0.1, -0.05) is 51.1 Å². The molecule has 0 unspecified atom stereocenters. The van der Waals surface area contributed by atoms with Crippen molar-refractivity contribution in [3.63, 3.8) is 0 Å². The molecule has 0 atom stereocenters. The molecule has 0 saturated heterocycles. The number of amides is 2. The number of carbonyl (C=O) groups excluding carboxylic acids is 3. The zero-order valence-corrected chi connectivity index (χ0v) is 16.4. The summed E-state index contributed by atoms with van der Waals surface area (Å²) in [6.45, 7) is 6.00. The van der Waals surface area contributed by atoms with E-state index in [1.807, 2.05) is 24.3 Å². The Morgan fingerprint density at radius 3 is 2.18 bits per heavy atom. The first-order valence-corrected chi connectivity index (χ1v) is 9.04. The first-order chi connectivity index (χ1) is 13.3. The molecule has 0 aliphatic rings. The number of imide groups is 1. The van der Waals surface area contributed by atoms with Gasteiger partial charge in [0.1, 0.15) is 5.75 Å². The van der Waals surface area contributed by atoms with E-state index < -0.39 is 24.4 Å². The van der Waals surface area contributed by atoms with Gasteiger partial charge in [-0.25, -0.2) is 0 Å². The summed E-state index contributed by atoms with van der Waals surface area (Å²) in [5.41, 5.74) is 1.61. The van der Waals surface area contributed by atoms with Gasteiger partial charge in [-0.15, -0.1) is 0 Å². The lowest BCUT2D eigenvalue weighted by molar-refractivity contribution is -0.148. The fourth-order valence-corrected chi connectivity index (χ4v) is 2.35. The maximum atomic E-state index is 11.8. The fraction of sp³-hybridized carbons (Fsp3) is 0.318. The van der Waals surface area contributed by atoms with E-state index in [0.717, 1.165) is 0 Å². The number of benzene rings is 2. The smallest absolute Gasteiger partial charge is 0.309 e. The highest BCUT2D eigenvalue weighted by atomic mass is 16.5. The molecule has 148 valence electrons. The summed E-state index contributed by atoms with van der Waals surface area (Å²) >= 11 is 0. The van der Waals surface area contributed by atoms with Crippen molar-refractivity contribution >= 4 is 17.8 Å². The Bertz CT molecular complexity index is 807. The molecule has 0 heterocycles. The second-order valence-electron chi connectivity index (χ2n) is 7.28. The van der Waals surface area contributed by atoms with Crippen LogP contribution in [0.15, 0.2) is 54.6 Å². The monoisotopic (exact) mass is 383 g/mol. The third-order valence-corrected chi connectivity index (χ3v) is 3.95. The van der Waals surface area contributed by atoms with Gasteiger partial charge in [-0.05, 0) is 35.2 Å². The largest absolute Gasteiger partial charge is 0.493 e. The Labute approximate surface area is 164 Å². The summed E-state index contributed by atoms with van der Waals surface area (Å²) in [5, 5.41) is 2.16. The van der Waals surface area contributed by atoms with Crippen molar-refractivity contribution < 1.29 is 23.9 Å². The van der Waals surface area contributed by atoms with Crippen LogP contribution in [0.4, 0.5) is 0 Å². The predicted octanol–water partition coefficient (Wildman–Crippen LogP) is 3.25. The van der Waals surface area contributed by atoms with Crippen LogP contribution in [0.1, 0.15) is 43.1 Å². The third-order valence-electron chi connectivity index (χ3n) is 3.95. The second kappa shape index (κ2) is 9.69. The second-order valence-corrected chi connectivity index (χ2v) is 7.28. The van der Waals surface area contributed by atoms with E-state index in [1.165, 1.54) is 5.56 Å². The average molecular weight is 383 g/mol. The number of hydrogen-bond donors (Lipinski definition) is 1. The number of carbonyl (C=O) groups is 3. The standard InChI is InChI=1S/C22H25NO5/c1-22(2,3)17-9-11-18(12-10-17)27-14-13-20(25)28-15-19(24)23-21(26)16-7-5-4-6-8-16/h4-12H,13-15H2,1-3H3,(H,23,24,26). The molecule has 0 aliphatic carbocycles. The first kappa shape index (κ1) is 21.2. The summed E-state index contributed by atoms with van der Waals surface area (Å²) in [6, 6.07) is 16.0. The normalized spacial score (nSPS) is 10.8. The molecule has 0 aromatic heterocycles. The lowest BCUT2D eigenvalue weighted by atomic mass is 9.87. The minimum Gasteiger partial charge on any atom is -0.493 e. The number of rotatable bonds is 7. The van der Waals surface area contributed by atoms with Gasteiger partial charge in [0, 0.05) is 5.56 Å². The zero-order valence-electron chi connectivity index (χ0n) is 16.4. The summed E-state index contributed by atoms with van der Waals surface area (Å²) in [5.74, 6) is -1.13. The molecule has 2 aromatic rings. The van der Waals surface area contributed by atoms with Crippen LogP contribution in [0.5, 0.6) is 5.75 Å². The Kier molecular flexibility index (Phi) is 7.32. The lowest BCUT2D eigenvalue weighted by Crippen LogP contribution is -2.34. The lowest BCUT2D eigenvalue weighted by Gasteiger charge is -2.19. The van der Waals surface area contributed by atoms with Crippen LogP contribution >= 0.6 is 0 Å². The molecule has 0 fully saturated rings. The minimum absolute atomic E-state index is 0.000927. The van der Waals surface area contributed by atoms with Crippen LogP contribution in [-0.2, 0) is 19.7 Å². The number of ether oxygens (including phenoxy) is 2. The quantitative estimate of drug-likeness (QED) is 0.742. The van der Waals surface area contributed by atoms with E-state index in [1.54, 1.807) is 30.3 Å². The van der Waals surface area contributed by atoms with Crippen molar-refractivity contribution in [3.05, 3.63) is 65.7 Å². The van der Waals surface area contributed by atoms with Crippen molar-refractivity contribution in [2.24, 2.45) is 0 Å². The summed E-state index contributed by atoms with van der Waals surface area (Å²) < 4.78 is 10.4. The molecule has 2 aromatic carbocycles. The Hall–Kier alpha value is -3.15. The van der Waals surface area contributed by atoms with Gasteiger partial charge in [-0.2, -0.15) is 0 Å². The number of esters is 1. The van der Waals surface area contributed by atoms with E-state index in [2.05, 4.69) is 26.1 Å². The molecular weight excluding hydrogens is 358 g/mol. The van der Waals surface area contributed by atoms with E-state index in [4.69, 9.17) is 9.47 Å². The van der Waals surface area contributed by atoms with Crippen molar-refractivity contribution in [2.75, 3.05) is 13.2 Å². The number of nitrogens with one attached hydrogen (secondary N) is 1. The predicted molar refractivity (Wildman–Crippen MR) is 105 cm³/mol. The molecule has 0 radical (unpaired) electrons. The molecule has 1 N–H and O–H groups in total. The van der Waals surface area contributed by atoms with Gasteiger partial charge < -0.3 is 9.47 Å². The molecule has 2 rings (SSSR count). The molecule has 28 heavy (non-hydrogen) atoms. The molecule has 0 spiro atoms. The molecule has 0 saturated carbocycles. The Morgan fingerprint density at radius 2 is 1.57 bits per heavy atom. The Morgan fingerprint density at radius 1 is 0.929 bits per heavy atom. The van der Waals surface area contributed by atoms with Crippen LogP contribution in [-0.4, -0.2) is 31.0 Å². The van der Waals surface area contributed by atoms with E-state index in [9.17, 15) is 14.4 Å². The molecule has 6 heteroatoms. The molecule has 0 aliphatic heterocycles. The first-order valence-electron chi connectivity index (χ1n) is 9.04. The van der Waals surface area contributed by atoms with E-state index in [-0.39, 0.29) is 18.4 Å². The molecule has 2 amide bonds. The molecule has 0 bridgehead atoms. The van der Waals surface area contributed by atoms with Gasteiger partial charge in [0.15, 0.2) is 6.61 Å². The zero-order chi connectivity index (χ0) is 20.6. The van der Waals surface area contributed by atoms with Crippen LogP contribution in [0.3, 0.4) is 0 Å². The van der Waals surface area contributed by atoms with Crippen molar-refractivity contribution in [3.8, 4) is 5.75 Å². The maximum Gasteiger partial charge on any atom is 0.309 e. The average Bonchev–Trinajstić information content (AvgIpc) is 2.67. The SMILES string of the molecule is CC(C)(C)c1ccc(OCCC(=O)OCC(=O)NC(=O)c2ccccc2)cc1. The van der Waals surface area contributed by atoms with Gasteiger partial charge in [0.25, 0.3) is 11.8 Å². The summed E-state index contributed by atoms with van der Waals surface area (Å²) in [7, 11) is 0. The highest BCUT2D eigenvalue weighted by Crippen LogP contribution is 2.24. The topological polar surface area (TPSA) is 81.7 Å².